The molecule has 0 radical (unpaired) electrons. The van der Waals surface area contributed by atoms with Crippen LogP contribution in [-0.4, -0.2) is 11.2 Å². The fourth-order valence-corrected chi connectivity index (χ4v) is 2.04. The Kier molecular flexibility index (Phi) is 3.34. The minimum Gasteiger partial charge on any atom is -0.388 e. The zero-order chi connectivity index (χ0) is 11.5. The Labute approximate surface area is 93.4 Å². The Morgan fingerprint density at radius 1 is 1.31 bits per heavy atom. The molecular weight excluding hydrogens is 210 g/mol. The quantitative estimate of drug-likeness (QED) is 0.782. The molecule has 1 unspecified atom stereocenters. The van der Waals surface area contributed by atoms with Crippen molar-refractivity contribution < 1.29 is 13.9 Å². The van der Waals surface area contributed by atoms with Crippen LogP contribution in [0.1, 0.15) is 24.8 Å². The number of benzene rings is 1. The first-order valence-corrected chi connectivity index (χ1v) is 5.48. The van der Waals surface area contributed by atoms with E-state index in [-0.39, 0.29) is 12.0 Å². The summed E-state index contributed by atoms with van der Waals surface area (Å²) in [6.07, 6.45) is 4.32. The van der Waals surface area contributed by atoms with E-state index in [0.29, 0.717) is 0 Å². The third kappa shape index (κ3) is 2.30. The summed E-state index contributed by atoms with van der Waals surface area (Å²) in [4.78, 5) is 0. The average Bonchev–Trinajstić information content (AvgIpc) is 2.78. The number of allylic oxidation sites excluding steroid dienone is 1. The van der Waals surface area contributed by atoms with E-state index in [1.807, 2.05) is 6.08 Å². The molecule has 1 aliphatic carbocycles. The molecule has 0 amide bonds. The molecule has 0 bridgehead atoms. The molecule has 0 aliphatic heterocycles. The van der Waals surface area contributed by atoms with Crippen molar-refractivity contribution in [1.29, 1.82) is 0 Å². The van der Waals surface area contributed by atoms with E-state index < -0.39 is 17.7 Å². The number of halogens is 2. The predicted molar refractivity (Wildman–Crippen MR) is 58.0 cm³/mol. The molecule has 1 atom stereocenters. The highest BCUT2D eigenvalue weighted by Crippen LogP contribution is 2.24. The second kappa shape index (κ2) is 4.74. The minimum atomic E-state index is -0.856. The number of aliphatic hydroxyl groups excluding tert-OH is 1. The van der Waals surface area contributed by atoms with Crippen molar-refractivity contribution in [2.24, 2.45) is 0 Å². The molecule has 1 aliphatic rings. The number of aliphatic hydroxyl groups is 1. The highest BCUT2D eigenvalue weighted by Gasteiger charge is 2.17. The fraction of sp³-hybridized carbons (Fsp3) is 0.385. The van der Waals surface area contributed by atoms with Gasteiger partial charge in [-0.25, -0.2) is 8.78 Å². The van der Waals surface area contributed by atoms with Crippen LogP contribution in [0.3, 0.4) is 0 Å². The van der Waals surface area contributed by atoms with Gasteiger partial charge in [0.15, 0.2) is 11.6 Å². The summed E-state index contributed by atoms with van der Waals surface area (Å²) in [6.45, 7) is 0. The molecule has 1 N–H and O–H groups in total. The van der Waals surface area contributed by atoms with Crippen molar-refractivity contribution in [3.63, 3.8) is 0 Å². The summed E-state index contributed by atoms with van der Waals surface area (Å²) in [5, 5.41) is 9.86. The van der Waals surface area contributed by atoms with Gasteiger partial charge >= 0.3 is 0 Å². The SMILES string of the molecule is OC(Cc1cccc(F)c1F)C1=CCCC1. The largest absolute Gasteiger partial charge is 0.388 e. The maximum Gasteiger partial charge on any atom is 0.162 e. The molecule has 1 aromatic rings. The topological polar surface area (TPSA) is 20.2 Å². The summed E-state index contributed by atoms with van der Waals surface area (Å²) >= 11 is 0. The van der Waals surface area contributed by atoms with Gasteiger partial charge in [0.1, 0.15) is 0 Å². The van der Waals surface area contributed by atoms with Crippen molar-refractivity contribution in [3.05, 3.63) is 47.0 Å². The first-order valence-electron chi connectivity index (χ1n) is 5.48. The maximum atomic E-state index is 13.3. The lowest BCUT2D eigenvalue weighted by atomic mass is 10.0. The third-order valence-electron chi connectivity index (χ3n) is 2.95. The standard InChI is InChI=1S/C13H14F2O/c14-11-7-3-6-10(13(11)15)8-12(16)9-4-1-2-5-9/h3-4,6-7,12,16H,1-2,5,8H2. The van der Waals surface area contributed by atoms with Gasteiger partial charge in [0.25, 0.3) is 0 Å². The zero-order valence-electron chi connectivity index (χ0n) is 8.92. The molecule has 16 heavy (non-hydrogen) atoms. The fourth-order valence-electron chi connectivity index (χ4n) is 2.04. The van der Waals surface area contributed by atoms with Gasteiger partial charge < -0.3 is 5.11 Å². The lowest BCUT2D eigenvalue weighted by Crippen LogP contribution is -2.14. The molecule has 0 saturated heterocycles. The van der Waals surface area contributed by atoms with Crippen LogP contribution in [-0.2, 0) is 6.42 Å². The Hall–Kier alpha value is -1.22. The van der Waals surface area contributed by atoms with E-state index in [1.54, 1.807) is 0 Å². The molecule has 0 fully saturated rings. The maximum absolute atomic E-state index is 13.3. The minimum absolute atomic E-state index is 0.148. The Morgan fingerprint density at radius 3 is 2.81 bits per heavy atom. The smallest absolute Gasteiger partial charge is 0.162 e. The van der Waals surface area contributed by atoms with Crippen LogP contribution in [0.15, 0.2) is 29.8 Å². The van der Waals surface area contributed by atoms with E-state index in [4.69, 9.17) is 0 Å². The average molecular weight is 224 g/mol. The molecule has 0 saturated carbocycles. The molecule has 0 aromatic heterocycles. The second-order valence-electron chi connectivity index (χ2n) is 4.10. The first kappa shape index (κ1) is 11.3. The lowest BCUT2D eigenvalue weighted by Gasteiger charge is -2.12. The Morgan fingerprint density at radius 2 is 2.12 bits per heavy atom. The molecule has 0 heterocycles. The predicted octanol–water partition coefficient (Wildman–Crippen LogP) is 2.98. The van der Waals surface area contributed by atoms with Crippen LogP contribution < -0.4 is 0 Å². The molecule has 1 nitrogen and oxygen atoms in total. The van der Waals surface area contributed by atoms with Crippen LogP contribution in [0, 0.1) is 11.6 Å². The summed E-state index contributed by atoms with van der Waals surface area (Å²) in [6, 6.07) is 4.06. The van der Waals surface area contributed by atoms with Crippen LogP contribution >= 0.6 is 0 Å². The van der Waals surface area contributed by atoms with Crippen molar-refractivity contribution in [2.45, 2.75) is 31.8 Å². The van der Waals surface area contributed by atoms with Gasteiger partial charge in [0.05, 0.1) is 6.10 Å². The summed E-state index contributed by atoms with van der Waals surface area (Å²) < 4.78 is 26.3. The summed E-state index contributed by atoms with van der Waals surface area (Å²) in [5.41, 5.74) is 1.18. The zero-order valence-corrected chi connectivity index (χ0v) is 8.92. The van der Waals surface area contributed by atoms with E-state index in [1.165, 1.54) is 12.1 Å². The van der Waals surface area contributed by atoms with Crippen LogP contribution in [0.2, 0.25) is 0 Å². The van der Waals surface area contributed by atoms with Gasteiger partial charge in [0.2, 0.25) is 0 Å². The number of hydrogen-bond donors (Lipinski definition) is 1. The van der Waals surface area contributed by atoms with Crippen molar-refractivity contribution in [2.75, 3.05) is 0 Å². The van der Waals surface area contributed by atoms with Crippen LogP contribution in [0.4, 0.5) is 8.78 Å². The van der Waals surface area contributed by atoms with Crippen LogP contribution in [0.25, 0.3) is 0 Å². The third-order valence-corrected chi connectivity index (χ3v) is 2.95. The van der Waals surface area contributed by atoms with E-state index >= 15 is 0 Å². The van der Waals surface area contributed by atoms with Gasteiger partial charge in [-0.2, -0.15) is 0 Å². The van der Waals surface area contributed by atoms with Gasteiger partial charge in [-0.1, -0.05) is 18.2 Å². The van der Waals surface area contributed by atoms with E-state index in [0.717, 1.165) is 30.9 Å². The number of rotatable bonds is 3. The molecule has 86 valence electrons. The molecule has 2 rings (SSSR count). The molecule has 1 aromatic carbocycles. The van der Waals surface area contributed by atoms with Crippen LogP contribution in [0.5, 0.6) is 0 Å². The summed E-state index contributed by atoms with van der Waals surface area (Å²) in [5.74, 6) is -1.70. The molecular formula is C13H14F2O. The van der Waals surface area contributed by atoms with Gasteiger partial charge in [-0.05, 0) is 36.5 Å². The number of hydrogen-bond acceptors (Lipinski definition) is 1. The monoisotopic (exact) mass is 224 g/mol. The van der Waals surface area contributed by atoms with Gasteiger partial charge in [0, 0.05) is 6.42 Å². The molecule has 0 spiro atoms. The second-order valence-corrected chi connectivity index (χ2v) is 4.10. The van der Waals surface area contributed by atoms with Gasteiger partial charge in [-0.3, -0.25) is 0 Å². The Bertz CT molecular complexity index is 412. The van der Waals surface area contributed by atoms with Crippen molar-refractivity contribution >= 4 is 0 Å². The normalized spacial score (nSPS) is 17.3. The van der Waals surface area contributed by atoms with Gasteiger partial charge in [-0.15, -0.1) is 0 Å². The Balaban J connectivity index is 2.11. The highest BCUT2D eigenvalue weighted by molar-refractivity contribution is 5.23. The lowest BCUT2D eigenvalue weighted by molar-refractivity contribution is 0.206. The van der Waals surface area contributed by atoms with Crippen molar-refractivity contribution in [1.82, 2.24) is 0 Å². The van der Waals surface area contributed by atoms with E-state index in [9.17, 15) is 13.9 Å². The summed E-state index contributed by atoms with van der Waals surface area (Å²) in [7, 11) is 0. The highest BCUT2D eigenvalue weighted by atomic mass is 19.2. The molecule has 3 heteroatoms. The first-order chi connectivity index (χ1) is 7.68. The van der Waals surface area contributed by atoms with E-state index in [2.05, 4.69) is 0 Å². The van der Waals surface area contributed by atoms with Crippen molar-refractivity contribution in [3.8, 4) is 0 Å².